The smallest absolute Gasteiger partial charge is 0.231 e. The van der Waals surface area contributed by atoms with Crippen LogP contribution in [0.4, 0.5) is 0 Å². The topological polar surface area (TPSA) is 18.5 Å². The summed E-state index contributed by atoms with van der Waals surface area (Å²) in [6.07, 6.45) is 0. The molecule has 0 saturated heterocycles. The van der Waals surface area contributed by atoms with Crippen molar-refractivity contribution in [3.05, 3.63) is 22.7 Å². The molecular formula is C7H5BrO2. The highest BCUT2D eigenvalue weighted by molar-refractivity contribution is 9.10. The second-order valence-corrected chi connectivity index (χ2v) is 2.75. The van der Waals surface area contributed by atoms with Crippen LogP contribution < -0.4 is 9.47 Å². The van der Waals surface area contributed by atoms with E-state index in [4.69, 9.17) is 10.8 Å². The Labute approximate surface area is 68.3 Å². The van der Waals surface area contributed by atoms with Crippen LogP contribution in [-0.2, 0) is 0 Å². The number of hydrogen-bond acceptors (Lipinski definition) is 2. The Morgan fingerprint density at radius 3 is 3.20 bits per heavy atom. The van der Waals surface area contributed by atoms with E-state index in [1.54, 1.807) is 6.07 Å². The van der Waals surface area contributed by atoms with E-state index >= 15 is 0 Å². The highest BCUT2D eigenvalue weighted by Gasteiger charge is 2.14. The minimum Gasteiger partial charge on any atom is -0.454 e. The monoisotopic (exact) mass is 201 g/mol. The molecule has 0 amide bonds. The summed E-state index contributed by atoms with van der Waals surface area (Å²) in [5, 5.41) is 0. The van der Waals surface area contributed by atoms with Crippen LogP contribution in [0.1, 0.15) is 1.37 Å². The average molecular weight is 202 g/mol. The average Bonchev–Trinajstić information content (AvgIpc) is 2.31. The maximum Gasteiger partial charge on any atom is 0.231 e. The van der Waals surface area contributed by atoms with E-state index in [1.165, 1.54) is 0 Å². The third kappa shape index (κ3) is 0.778. The van der Waals surface area contributed by atoms with Crippen molar-refractivity contribution < 1.29 is 10.8 Å². The van der Waals surface area contributed by atoms with Crippen LogP contribution in [0.25, 0.3) is 0 Å². The fourth-order valence-corrected chi connectivity index (χ4v) is 1.26. The maximum absolute atomic E-state index is 7.15. The van der Waals surface area contributed by atoms with Crippen LogP contribution in [0, 0.1) is 0 Å². The molecule has 2 nitrogen and oxygen atoms in total. The standard InChI is InChI=1S/C7H5BrO2/c8-5-2-1-3-6-7(5)10-4-9-6/h1-3H,4H2/i4D. The van der Waals surface area contributed by atoms with Crippen LogP contribution in [0.5, 0.6) is 11.5 Å². The fraction of sp³-hybridized carbons (Fsp3) is 0.143. The molecule has 0 aromatic heterocycles. The Hall–Kier alpha value is -0.700. The van der Waals surface area contributed by atoms with Gasteiger partial charge in [0, 0.05) is 0 Å². The van der Waals surface area contributed by atoms with E-state index in [0.717, 1.165) is 4.47 Å². The zero-order chi connectivity index (χ0) is 7.84. The van der Waals surface area contributed by atoms with Crippen LogP contribution in [-0.4, -0.2) is 6.77 Å². The molecule has 1 heterocycles. The highest BCUT2D eigenvalue weighted by atomic mass is 79.9. The molecule has 0 spiro atoms. The zero-order valence-electron chi connectivity index (χ0n) is 6.00. The zero-order valence-corrected chi connectivity index (χ0v) is 6.59. The first-order chi connectivity index (χ1) is 5.27. The lowest BCUT2D eigenvalue weighted by molar-refractivity contribution is 0.173. The van der Waals surface area contributed by atoms with Crippen molar-refractivity contribution in [3.63, 3.8) is 0 Å². The van der Waals surface area contributed by atoms with E-state index in [0.29, 0.717) is 11.5 Å². The van der Waals surface area contributed by atoms with Crippen molar-refractivity contribution in [3.8, 4) is 11.5 Å². The Kier molecular flexibility index (Phi) is 1.09. The lowest BCUT2D eigenvalue weighted by Gasteiger charge is -1.95. The summed E-state index contributed by atoms with van der Waals surface area (Å²) < 4.78 is 18.0. The molecule has 52 valence electrons. The fourth-order valence-electron chi connectivity index (χ4n) is 0.820. The number of hydrogen-bond donors (Lipinski definition) is 0. The van der Waals surface area contributed by atoms with Gasteiger partial charge in [-0.25, -0.2) is 0 Å². The molecule has 1 aromatic carbocycles. The molecule has 0 N–H and O–H groups in total. The van der Waals surface area contributed by atoms with Crippen LogP contribution in [0.2, 0.25) is 0 Å². The molecule has 10 heavy (non-hydrogen) atoms. The summed E-state index contributed by atoms with van der Waals surface area (Å²) in [4.78, 5) is 0. The van der Waals surface area contributed by atoms with Crippen molar-refractivity contribution in [2.45, 2.75) is 0 Å². The first-order valence-electron chi connectivity index (χ1n) is 3.39. The molecule has 1 atom stereocenters. The number of benzene rings is 1. The Bertz CT molecular complexity index is 290. The minimum atomic E-state index is -0.913. The predicted octanol–water partition coefficient (Wildman–Crippen LogP) is 2.18. The van der Waals surface area contributed by atoms with Crippen LogP contribution >= 0.6 is 15.9 Å². The van der Waals surface area contributed by atoms with Crippen molar-refractivity contribution in [2.24, 2.45) is 0 Å². The summed E-state index contributed by atoms with van der Waals surface area (Å²) in [5.41, 5.74) is 0. The molecule has 0 saturated carbocycles. The van der Waals surface area contributed by atoms with Crippen LogP contribution in [0.15, 0.2) is 22.7 Å². The summed E-state index contributed by atoms with van der Waals surface area (Å²) in [7, 11) is 0. The van der Waals surface area contributed by atoms with Crippen LogP contribution in [0.3, 0.4) is 0 Å². The van der Waals surface area contributed by atoms with Crippen molar-refractivity contribution in [2.75, 3.05) is 6.77 Å². The summed E-state index contributed by atoms with van der Waals surface area (Å²) in [5.74, 6) is 1.24. The van der Waals surface area contributed by atoms with E-state index in [1.807, 2.05) is 12.1 Å². The number of para-hydroxylation sites is 1. The molecular weight excluding hydrogens is 196 g/mol. The first-order valence-corrected chi connectivity index (χ1v) is 3.61. The van der Waals surface area contributed by atoms with E-state index in [9.17, 15) is 0 Å². The summed E-state index contributed by atoms with van der Waals surface area (Å²) >= 11 is 3.29. The number of fused-ring (bicyclic) bond motifs is 1. The van der Waals surface area contributed by atoms with Gasteiger partial charge >= 0.3 is 0 Å². The quantitative estimate of drug-likeness (QED) is 0.641. The predicted molar refractivity (Wildman–Crippen MR) is 40.3 cm³/mol. The van der Waals surface area contributed by atoms with Gasteiger partial charge < -0.3 is 9.47 Å². The SMILES string of the molecule is [2H]C1Oc2cccc(Br)c2O1. The maximum atomic E-state index is 7.15. The van der Waals surface area contributed by atoms with Gasteiger partial charge in [-0.2, -0.15) is 0 Å². The van der Waals surface area contributed by atoms with Crippen molar-refractivity contribution >= 4 is 15.9 Å². The van der Waals surface area contributed by atoms with Crippen molar-refractivity contribution in [1.82, 2.24) is 0 Å². The molecule has 1 aliphatic heterocycles. The van der Waals surface area contributed by atoms with E-state index in [-0.39, 0.29) is 0 Å². The minimum absolute atomic E-state index is 0.618. The Morgan fingerprint density at radius 1 is 1.50 bits per heavy atom. The second kappa shape index (κ2) is 2.16. The molecule has 0 aliphatic carbocycles. The Morgan fingerprint density at radius 2 is 2.40 bits per heavy atom. The second-order valence-electron chi connectivity index (χ2n) is 1.90. The Balaban J connectivity index is 2.49. The van der Waals surface area contributed by atoms with Gasteiger partial charge in [-0.05, 0) is 28.1 Å². The third-order valence-electron chi connectivity index (χ3n) is 1.27. The van der Waals surface area contributed by atoms with Gasteiger partial charge in [0.25, 0.3) is 0 Å². The first kappa shape index (κ1) is 5.02. The lowest BCUT2D eigenvalue weighted by atomic mass is 10.3. The van der Waals surface area contributed by atoms with Crippen molar-refractivity contribution in [1.29, 1.82) is 0 Å². The summed E-state index contributed by atoms with van der Waals surface area (Å²) in [6.45, 7) is -0.913. The molecule has 0 radical (unpaired) electrons. The number of ether oxygens (including phenoxy) is 2. The van der Waals surface area contributed by atoms with E-state index < -0.39 is 6.77 Å². The summed E-state index contributed by atoms with van der Waals surface area (Å²) in [6, 6.07) is 5.46. The number of halogens is 1. The third-order valence-corrected chi connectivity index (χ3v) is 1.90. The lowest BCUT2D eigenvalue weighted by Crippen LogP contribution is -1.93. The van der Waals surface area contributed by atoms with Gasteiger partial charge in [-0.1, -0.05) is 6.07 Å². The molecule has 1 unspecified atom stereocenters. The normalized spacial score (nSPS) is 22.5. The molecule has 2 rings (SSSR count). The molecule has 1 aliphatic rings. The molecule has 1 aromatic rings. The van der Waals surface area contributed by atoms with Gasteiger partial charge in [0.15, 0.2) is 11.5 Å². The largest absolute Gasteiger partial charge is 0.454 e. The molecule has 0 fully saturated rings. The van der Waals surface area contributed by atoms with Gasteiger partial charge in [0.1, 0.15) is 1.37 Å². The van der Waals surface area contributed by atoms with E-state index in [2.05, 4.69) is 15.9 Å². The molecule has 3 heteroatoms. The van der Waals surface area contributed by atoms with Gasteiger partial charge in [-0.3, -0.25) is 0 Å². The van der Waals surface area contributed by atoms with Gasteiger partial charge in [-0.15, -0.1) is 0 Å². The van der Waals surface area contributed by atoms with Gasteiger partial charge in [0.05, 0.1) is 4.47 Å². The highest BCUT2D eigenvalue weighted by Crippen LogP contribution is 2.38. The van der Waals surface area contributed by atoms with Gasteiger partial charge in [0.2, 0.25) is 6.77 Å². The number of rotatable bonds is 0. The molecule has 0 bridgehead atoms.